The largest absolute Gasteiger partial charge is 0.370 e. The molecule has 2 aromatic heterocycles. The van der Waals surface area contributed by atoms with Gasteiger partial charge in [-0.1, -0.05) is 6.92 Å². The maximum absolute atomic E-state index is 8.88. The predicted molar refractivity (Wildman–Crippen MR) is 73.6 cm³/mol. The summed E-state index contributed by atoms with van der Waals surface area (Å²) in [6, 6.07) is 5.93. The number of nitrogens with one attached hydrogen (secondary N) is 1. The molecule has 0 radical (unpaired) electrons. The van der Waals surface area contributed by atoms with Crippen molar-refractivity contribution in [3.05, 3.63) is 28.9 Å². The van der Waals surface area contributed by atoms with Gasteiger partial charge < -0.3 is 5.32 Å². The lowest BCUT2D eigenvalue weighted by atomic mass is 10.1. The second kappa shape index (κ2) is 5.61. The number of hydrogen-bond acceptors (Lipinski definition) is 5. The fraction of sp³-hybridized carbons (Fsp3) is 0.308. The summed E-state index contributed by atoms with van der Waals surface area (Å²) in [7, 11) is 0. The summed E-state index contributed by atoms with van der Waals surface area (Å²) in [5, 5.41) is 12.1. The van der Waals surface area contributed by atoms with Gasteiger partial charge in [0.15, 0.2) is 0 Å². The van der Waals surface area contributed by atoms with Crippen molar-refractivity contribution in [1.82, 2.24) is 9.97 Å². The van der Waals surface area contributed by atoms with Crippen LogP contribution in [0.5, 0.6) is 0 Å². The fourth-order valence-corrected chi connectivity index (χ4v) is 2.63. The Morgan fingerprint density at radius 1 is 1.33 bits per heavy atom. The Hall–Kier alpha value is -1.93. The summed E-state index contributed by atoms with van der Waals surface area (Å²) in [5.74, 6) is 0.886. The molecular formula is C13H14N4S. The molecule has 0 atom stereocenters. The molecule has 4 nitrogen and oxygen atoms in total. The minimum absolute atomic E-state index is 0.704. The molecule has 0 fully saturated rings. The Morgan fingerprint density at radius 2 is 2.17 bits per heavy atom. The molecule has 0 amide bonds. The zero-order chi connectivity index (χ0) is 13.0. The van der Waals surface area contributed by atoms with Crippen molar-refractivity contribution < 1.29 is 0 Å². The summed E-state index contributed by atoms with van der Waals surface area (Å²) < 4.78 is 0. The van der Waals surface area contributed by atoms with Crippen LogP contribution in [-0.2, 0) is 6.42 Å². The SMILES string of the molecule is CCNc1ncnc(-c2ccc(C#N)s2)c1CC. The molecule has 0 saturated heterocycles. The van der Waals surface area contributed by atoms with Gasteiger partial charge in [-0.15, -0.1) is 11.3 Å². The molecule has 2 rings (SSSR count). The van der Waals surface area contributed by atoms with E-state index in [4.69, 9.17) is 5.26 Å². The Morgan fingerprint density at radius 3 is 2.78 bits per heavy atom. The third-order valence-electron chi connectivity index (χ3n) is 2.59. The van der Waals surface area contributed by atoms with E-state index >= 15 is 0 Å². The third-order valence-corrected chi connectivity index (χ3v) is 3.59. The minimum Gasteiger partial charge on any atom is -0.370 e. The van der Waals surface area contributed by atoms with Crippen LogP contribution in [-0.4, -0.2) is 16.5 Å². The van der Waals surface area contributed by atoms with Gasteiger partial charge in [0.05, 0.1) is 10.6 Å². The molecule has 2 heterocycles. The molecule has 1 N–H and O–H groups in total. The van der Waals surface area contributed by atoms with Crippen LogP contribution in [0.15, 0.2) is 18.5 Å². The summed E-state index contributed by atoms with van der Waals surface area (Å²) >= 11 is 1.46. The van der Waals surface area contributed by atoms with E-state index < -0.39 is 0 Å². The third kappa shape index (κ3) is 2.34. The van der Waals surface area contributed by atoms with E-state index in [0.717, 1.165) is 34.9 Å². The monoisotopic (exact) mass is 258 g/mol. The Balaban J connectivity index is 2.50. The van der Waals surface area contributed by atoms with E-state index in [1.54, 1.807) is 6.33 Å². The fourth-order valence-electron chi connectivity index (χ4n) is 1.80. The Kier molecular flexibility index (Phi) is 3.90. The first-order valence-corrected chi connectivity index (χ1v) is 6.69. The van der Waals surface area contributed by atoms with Crippen LogP contribution in [0, 0.1) is 11.3 Å². The zero-order valence-corrected chi connectivity index (χ0v) is 11.2. The molecule has 0 spiro atoms. The number of rotatable bonds is 4. The average Bonchev–Trinajstić information content (AvgIpc) is 2.87. The van der Waals surface area contributed by atoms with Crippen LogP contribution < -0.4 is 5.32 Å². The van der Waals surface area contributed by atoms with E-state index in [-0.39, 0.29) is 0 Å². The van der Waals surface area contributed by atoms with E-state index in [0.29, 0.717) is 4.88 Å². The van der Waals surface area contributed by atoms with Crippen molar-refractivity contribution in [2.45, 2.75) is 20.3 Å². The van der Waals surface area contributed by atoms with Crippen LogP contribution in [0.3, 0.4) is 0 Å². The van der Waals surface area contributed by atoms with E-state index in [1.807, 2.05) is 19.1 Å². The van der Waals surface area contributed by atoms with Crippen LogP contribution in [0.2, 0.25) is 0 Å². The van der Waals surface area contributed by atoms with E-state index in [9.17, 15) is 0 Å². The van der Waals surface area contributed by atoms with Crippen LogP contribution >= 0.6 is 11.3 Å². The van der Waals surface area contributed by atoms with Crippen molar-refractivity contribution in [2.75, 3.05) is 11.9 Å². The standard InChI is InChI=1S/C13H14N4S/c1-3-10-12(11-6-5-9(7-14)18-11)16-8-17-13(10)15-4-2/h5-6,8H,3-4H2,1-2H3,(H,15,16,17). The summed E-state index contributed by atoms with van der Waals surface area (Å²) in [4.78, 5) is 10.4. The van der Waals surface area contributed by atoms with Gasteiger partial charge in [0, 0.05) is 12.1 Å². The molecule has 0 unspecified atom stereocenters. The van der Waals surface area contributed by atoms with Crippen LogP contribution in [0.1, 0.15) is 24.3 Å². The quantitative estimate of drug-likeness (QED) is 0.915. The first-order chi connectivity index (χ1) is 8.80. The Bertz CT molecular complexity index is 583. The molecular weight excluding hydrogens is 244 g/mol. The molecule has 18 heavy (non-hydrogen) atoms. The molecule has 0 saturated carbocycles. The van der Waals surface area contributed by atoms with Crippen molar-refractivity contribution in [1.29, 1.82) is 5.26 Å². The molecule has 5 heteroatoms. The highest BCUT2D eigenvalue weighted by Gasteiger charge is 2.12. The smallest absolute Gasteiger partial charge is 0.133 e. The number of aromatic nitrogens is 2. The van der Waals surface area contributed by atoms with Crippen LogP contribution in [0.4, 0.5) is 5.82 Å². The number of hydrogen-bond donors (Lipinski definition) is 1. The molecule has 2 aromatic rings. The second-order valence-electron chi connectivity index (χ2n) is 3.71. The van der Waals surface area contributed by atoms with Gasteiger partial charge in [-0.25, -0.2) is 9.97 Å². The highest BCUT2D eigenvalue weighted by atomic mass is 32.1. The summed E-state index contributed by atoms with van der Waals surface area (Å²) in [5.41, 5.74) is 2.03. The number of anilines is 1. The summed E-state index contributed by atoms with van der Waals surface area (Å²) in [6.07, 6.45) is 2.43. The lowest BCUT2D eigenvalue weighted by Crippen LogP contribution is -2.05. The van der Waals surface area contributed by atoms with Gasteiger partial charge >= 0.3 is 0 Å². The normalized spacial score (nSPS) is 10.1. The van der Waals surface area contributed by atoms with Crippen molar-refractivity contribution in [3.63, 3.8) is 0 Å². The van der Waals surface area contributed by atoms with Crippen molar-refractivity contribution in [2.24, 2.45) is 0 Å². The van der Waals surface area contributed by atoms with Gasteiger partial charge in [-0.2, -0.15) is 5.26 Å². The van der Waals surface area contributed by atoms with Gasteiger partial charge in [-0.05, 0) is 25.5 Å². The second-order valence-corrected chi connectivity index (χ2v) is 4.79. The highest BCUT2D eigenvalue weighted by Crippen LogP contribution is 2.31. The molecule has 0 aliphatic carbocycles. The predicted octanol–water partition coefficient (Wildman–Crippen LogP) is 3.07. The molecule has 0 aliphatic heterocycles. The lowest BCUT2D eigenvalue weighted by molar-refractivity contribution is 1.03. The number of thiophene rings is 1. The molecule has 0 aliphatic rings. The van der Waals surface area contributed by atoms with Gasteiger partial charge in [0.1, 0.15) is 23.1 Å². The van der Waals surface area contributed by atoms with Crippen molar-refractivity contribution >= 4 is 17.2 Å². The minimum atomic E-state index is 0.704. The Labute approximate surface area is 110 Å². The molecule has 0 bridgehead atoms. The molecule has 0 aromatic carbocycles. The maximum Gasteiger partial charge on any atom is 0.133 e. The zero-order valence-electron chi connectivity index (χ0n) is 10.4. The number of nitrogens with zero attached hydrogens (tertiary/aromatic N) is 3. The lowest BCUT2D eigenvalue weighted by Gasteiger charge is -2.10. The van der Waals surface area contributed by atoms with E-state index in [2.05, 4.69) is 28.3 Å². The van der Waals surface area contributed by atoms with E-state index in [1.165, 1.54) is 11.3 Å². The number of nitriles is 1. The summed E-state index contributed by atoms with van der Waals surface area (Å²) in [6.45, 7) is 4.96. The highest BCUT2D eigenvalue weighted by molar-refractivity contribution is 7.16. The topological polar surface area (TPSA) is 61.6 Å². The van der Waals surface area contributed by atoms with Crippen molar-refractivity contribution in [3.8, 4) is 16.6 Å². The van der Waals surface area contributed by atoms with Crippen LogP contribution in [0.25, 0.3) is 10.6 Å². The first kappa shape index (κ1) is 12.5. The first-order valence-electron chi connectivity index (χ1n) is 5.88. The molecule has 92 valence electrons. The van der Waals surface area contributed by atoms with Gasteiger partial charge in [-0.3, -0.25) is 0 Å². The average molecular weight is 258 g/mol. The maximum atomic E-state index is 8.88. The van der Waals surface area contributed by atoms with Gasteiger partial charge in [0.2, 0.25) is 0 Å². The van der Waals surface area contributed by atoms with Gasteiger partial charge in [0.25, 0.3) is 0 Å².